The van der Waals surface area contributed by atoms with Gasteiger partial charge in [0.05, 0.1) is 17.7 Å². The fourth-order valence-corrected chi connectivity index (χ4v) is 7.50. The average Bonchev–Trinajstić information content (AvgIpc) is 2.93. The molecule has 0 heterocycles. The van der Waals surface area contributed by atoms with E-state index in [-0.39, 0.29) is 6.61 Å². The fraction of sp³-hybridized carbons (Fsp3) is 0.594. The Kier molecular flexibility index (Phi) is 15.0. The predicted molar refractivity (Wildman–Crippen MR) is 181 cm³/mol. The lowest BCUT2D eigenvalue weighted by Crippen LogP contribution is -2.66. The van der Waals surface area contributed by atoms with E-state index in [1.54, 1.807) is 39.0 Å². The number of carbonyl (C=O) groups excluding carboxylic acids is 1. The van der Waals surface area contributed by atoms with E-state index >= 15 is 0 Å². The smallest absolute Gasteiger partial charge is 0.444 e. The summed E-state index contributed by atoms with van der Waals surface area (Å²) in [7, 11) is -2.84. The maximum absolute atomic E-state index is 13.4. The fourth-order valence-electron chi connectivity index (χ4n) is 4.88. The van der Waals surface area contributed by atoms with Crippen molar-refractivity contribution in [2.75, 3.05) is 20.8 Å². The van der Waals surface area contributed by atoms with E-state index in [1.807, 2.05) is 39.9 Å². The van der Waals surface area contributed by atoms with Crippen LogP contribution < -0.4 is 5.32 Å². The Morgan fingerprint density at radius 2 is 1.62 bits per heavy atom. The molecule has 0 spiro atoms. The van der Waals surface area contributed by atoms with E-state index in [0.717, 1.165) is 17.7 Å². The number of hydrogen-bond donors (Lipinski definition) is 1. The number of ether oxygens (including phenoxy) is 1. The van der Waals surface area contributed by atoms with Crippen molar-refractivity contribution >= 4 is 46.3 Å². The first-order valence-corrected chi connectivity index (χ1v) is 20.1. The third-order valence-electron chi connectivity index (χ3n) is 7.28. The number of phosphoric ester groups is 1. The number of alkyl halides is 3. The molecule has 0 aliphatic rings. The van der Waals surface area contributed by atoms with Gasteiger partial charge in [-0.1, -0.05) is 56.3 Å². The van der Waals surface area contributed by atoms with Gasteiger partial charge in [-0.05, 0) is 94.4 Å². The number of benzene rings is 2. The molecular weight excluding hydrogens is 694 g/mol. The summed E-state index contributed by atoms with van der Waals surface area (Å²) in [5.41, 5.74) is -2.61. The Hall–Kier alpha value is -1.57. The molecule has 2 rings (SSSR count). The molecule has 0 bridgehead atoms. The molecule has 265 valence electrons. The molecule has 2 atom stereocenters. The van der Waals surface area contributed by atoms with Crippen LogP contribution in [0.15, 0.2) is 52.3 Å². The Morgan fingerprint density at radius 1 is 1.00 bits per heavy atom. The average molecular weight is 741 g/mol. The third-order valence-corrected chi connectivity index (χ3v) is 10.8. The van der Waals surface area contributed by atoms with Crippen LogP contribution in [-0.4, -0.2) is 53.2 Å². The minimum Gasteiger partial charge on any atom is -0.444 e. The zero-order valence-electron chi connectivity index (χ0n) is 28.7. The van der Waals surface area contributed by atoms with Crippen molar-refractivity contribution in [2.24, 2.45) is 5.41 Å². The molecule has 47 heavy (non-hydrogen) atoms. The molecule has 0 aliphatic carbocycles. The van der Waals surface area contributed by atoms with Gasteiger partial charge in [0.15, 0.2) is 0 Å². The molecule has 8 nitrogen and oxygen atoms in total. The SMILES string of the molecule is COP(=O)(OC)OC(CO[Si](C)C)C(CCCc1ccc(Sc2cccc(C(F)(F)F)c2)cc1Cl)(NC(=O)OC(C)(C)C)C(C)(C)C. The largest absolute Gasteiger partial charge is 0.474 e. The van der Waals surface area contributed by atoms with Crippen molar-refractivity contribution in [2.45, 2.75) is 107 Å². The van der Waals surface area contributed by atoms with Gasteiger partial charge < -0.3 is 14.5 Å². The minimum atomic E-state index is -4.44. The normalized spacial score (nSPS) is 15.0. The number of alkyl carbamates (subject to hydrolysis) is 1. The van der Waals surface area contributed by atoms with Crippen LogP contribution in [0.4, 0.5) is 18.0 Å². The summed E-state index contributed by atoms with van der Waals surface area (Å²) in [5, 5.41) is 3.52. The van der Waals surface area contributed by atoms with Gasteiger partial charge in [-0.15, -0.1) is 0 Å². The molecule has 1 radical (unpaired) electrons. The molecule has 2 aromatic rings. The van der Waals surface area contributed by atoms with Crippen LogP contribution in [-0.2, 0) is 39.9 Å². The Bertz CT molecular complexity index is 1380. The summed E-state index contributed by atoms with van der Waals surface area (Å²) in [6.45, 7) is 15.0. The lowest BCUT2D eigenvalue weighted by atomic mass is 9.67. The van der Waals surface area contributed by atoms with Crippen molar-refractivity contribution in [3.05, 3.63) is 58.6 Å². The summed E-state index contributed by atoms with van der Waals surface area (Å²) in [4.78, 5) is 14.5. The van der Waals surface area contributed by atoms with Gasteiger partial charge in [0.2, 0.25) is 9.04 Å². The van der Waals surface area contributed by atoms with Gasteiger partial charge in [-0.2, -0.15) is 13.2 Å². The van der Waals surface area contributed by atoms with Gasteiger partial charge >= 0.3 is 20.1 Å². The van der Waals surface area contributed by atoms with E-state index in [1.165, 1.54) is 32.0 Å². The van der Waals surface area contributed by atoms with E-state index in [9.17, 15) is 22.5 Å². The highest BCUT2D eigenvalue weighted by molar-refractivity contribution is 7.99. The van der Waals surface area contributed by atoms with Gasteiger partial charge in [-0.25, -0.2) is 9.36 Å². The first kappa shape index (κ1) is 41.6. The maximum atomic E-state index is 13.4. The van der Waals surface area contributed by atoms with Gasteiger partial charge in [0.25, 0.3) is 0 Å². The van der Waals surface area contributed by atoms with Crippen molar-refractivity contribution in [1.82, 2.24) is 5.32 Å². The quantitative estimate of drug-likeness (QED) is 0.143. The Morgan fingerprint density at radius 3 is 2.13 bits per heavy atom. The van der Waals surface area contributed by atoms with Gasteiger partial charge in [0, 0.05) is 29.0 Å². The van der Waals surface area contributed by atoms with Crippen molar-refractivity contribution < 1.29 is 45.3 Å². The van der Waals surface area contributed by atoms with Gasteiger partial charge in [0.1, 0.15) is 11.7 Å². The number of hydrogen-bond acceptors (Lipinski definition) is 8. The minimum absolute atomic E-state index is 0.00666. The van der Waals surface area contributed by atoms with Crippen LogP contribution in [0.1, 0.15) is 65.5 Å². The van der Waals surface area contributed by atoms with Crippen molar-refractivity contribution in [3.8, 4) is 0 Å². The molecule has 0 aliphatic heterocycles. The van der Waals surface area contributed by atoms with Gasteiger partial charge in [-0.3, -0.25) is 13.6 Å². The summed E-state index contributed by atoms with van der Waals surface area (Å²) in [6, 6.07) is 10.5. The standard InChI is InChI=1S/C32H47ClF3NO7PSSi/c1-29(2,3)31(37-28(38)43-30(4,5)6,27(21-42-47(9)10)44-45(39,40-7)41-8)18-12-13-22-16-17-25(20-26(22)33)46-24-15-11-14-23(19-24)32(34,35)36/h11,14-17,19-20,27H,12-13,18,21H2,1-10H3,(H,37,38). The lowest BCUT2D eigenvalue weighted by Gasteiger charge is -2.50. The second-order valence-electron chi connectivity index (χ2n) is 13.2. The molecule has 1 amide bonds. The lowest BCUT2D eigenvalue weighted by molar-refractivity contribution is -0.137. The van der Waals surface area contributed by atoms with Crippen LogP contribution in [0.2, 0.25) is 18.1 Å². The molecule has 0 saturated heterocycles. The van der Waals surface area contributed by atoms with E-state index < -0.39 is 57.4 Å². The molecular formula is C32H47ClF3NO7PSSi. The van der Waals surface area contributed by atoms with Crippen molar-refractivity contribution in [3.63, 3.8) is 0 Å². The number of amides is 1. The van der Waals surface area contributed by atoms with E-state index in [4.69, 9.17) is 34.3 Å². The predicted octanol–water partition coefficient (Wildman–Crippen LogP) is 10.2. The maximum Gasteiger partial charge on any atom is 0.474 e. The molecule has 15 heteroatoms. The number of halogens is 4. The van der Waals surface area contributed by atoms with Crippen LogP contribution in [0.5, 0.6) is 0 Å². The number of phosphoric acid groups is 1. The second-order valence-corrected chi connectivity index (χ2v) is 18.7. The monoisotopic (exact) mass is 740 g/mol. The summed E-state index contributed by atoms with van der Waals surface area (Å²) < 4.78 is 80.9. The van der Waals surface area contributed by atoms with Crippen LogP contribution in [0, 0.1) is 5.41 Å². The van der Waals surface area contributed by atoms with E-state index in [0.29, 0.717) is 34.1 Å². The zero-order valence-corrected chi connectivity index (χ0v) is 32.1. The molecule has 0 fully saturated rings. The summed E-state index contributed by atoms with van der Waals surface area (Å²) >= 11 is 7.85. The summed E-state index contributed by atoms with van der Waals surface area (Å²) in [5.74, 6) is 0. The van der Waals surface area contributed by atoms with Crippen molar-refractivity contribution in [1.29, 1.82) is 0 Å². The first-order valence-electron chi connectivity index (χ1n) is 15.0. The molecule has 1 N–H and O–H groups in total. The highest BCUT2D eigenvalue weighted by Gasteiger charge is 2.53. The van der Waals surface area contributed by atoms with Crippen LogP contribution >= 0.6 is 31.2 Å². The molecule has 0 saturated carbocycles. The topological polar surface area (TPSA) is 92.3 Å². The van der Waals surface area contributed by atoms with Crippen LogP contribution in [0.25, 0.3) is 0 Å². The number of aryl methyl sites for hydroxylation is 1. The number of carbonyl (C=O) groups is 1. The number of nitrogens with one attached hydrogen (secondary N) is 1. The molecule has 2 unspecified atom stereocenters. The molecule has 0 aromatic heterocycles. The number of rotatable bonds is 15. The first-order chi connectivity index (χ1) is 21.5. The highest BCUT2D eigenvalue weighted by Crippen LogP contribution is 2.53. The Balaban J connectivity index is 2.44. The molecule has 2 aromatic carbocycles. The summed E-state index contributed by atoms with van der Waals surface area (Å²) in [6.07, 6.45) is -4.80. The van der Waals surface area contributed by atoms with E-state index in [2.05, 4.69) is 5.32 Å². The second kappa shape index (κ2) is 16.9. The zero-order chi connectivity index (χ0) is 35.8. The Labute approximate surface area is 288 Å². The third kappa shape index (κ3) is 12.7. The van der Waals surface area contributed by atoms with Crippen LogP contribution in [0.3, 0.4) is 0 Å². The highest BCUT2D eigenvalue weighted by atomic mass is 35.5.